The SMILES string of the molecule is Cc1ccc(C2(C)NC(=O)N(C(C)CN)C2=O)c(C)c1. The van der Waals surface area contributed by atoms with Gasteiger partial charge < -0.3 is 11.1 Å². The number of imide groups is 1. The molecule has 0 aliphatic carbocycles. The molecule has 1 aliphatic rings. The van der Waals surface area contributed by atoms with E-state index in [1.165, 1.54) is 4.90 Å². The molecule has 108 valence electrons. The molecule has 0 spiro atoms. The molecule has 3 N–H and O–H groups in total. The van der Waals surface area contributed by atoms with Gasteiger partial charge in [0.15, 0.2) is 0 Å². The topological polar surface area (TPSA) is 75.4 Å². The first-order valence-electron chi connectivity index (χ1n) is 6.75. The van der Waals surface area contributed by atoms with Gasteiger partial charge in [0, 0.05) is 6.54 Å². The summed E-state index contributed by atoms with van der Waals surface area (Å²) in [6, 6.07) is 5.17. The van der Waals surface area contributed by atoms with Gasteiger partial charge in [-0.2, -0.15) is 0 Å². The van der Waals surface area contributed by atoms with Gasteiger partial charge in [-0.15, -0.1) is 0 Å². The maximum absolute atomic E-state index is 12.7. The number of nitrogens with one attached hydrogen (secondary N) is 1. The van der Waals surface area contributed by atoms with Gasteiger partial charge >= 0.3 is 6.03 Å². The van der Waals surface area contributed by atoms with Crippen LogP contribution in [0, 0.1) is 13.8 Å². The zero-order valence-electron chi connectivity index (χ0n) is 12.4. The van der Waals surface area contributed by atoms with E-state index in [1.807, 2.05) is 32.0 Å². The molecule has 1 aliphatic heterocycles. The van der Waals surface area contributed by atoms with Gasteiger partial charge in [0.25, 0.3) is 5.91 Å². The van der Waals surface area contributed by atoms with Crippen molar-refractivity contribution in [3.05, 3.63) is 34.9 Å². The lowest BCUT2D eigenvalue weighted by atomic mass is 9.87. The normalized spacial score (nSPS) is 23.9. The Morgan fingerprint density at radius 3 is 2.55 bits per heavy atom. The summed E-state index contributed by atoms with van der Waals surface area (Å²) >= 11 is 0. The first-order chi connectivity index (χ1) is 9.31. The van der Waals surface area contributed by atoms with E-state index in [4.69, 9.17) is 5.73 Å². The van der Waals surface area contributed by atoms with Gasteiger partial charge in [-0.1, -0.05) is 23.8 Å². The van der Waals surface area contributed by atoms with Crippen molar-refractivity contribution >= 4 is 11.9 Å². The van der Waals surface area contributed by atoms with Crippen LogP contribution in [-0.4, -0.2) is 29.4 Å². The molecule has 1 heterocycles. The summed E-state index contributed by atoms with van der Waals surface area (Å²) in [6.45, 7) is 7.71. The summed E-state index contributed by atoms with van der Waals surface area (Å²) in [6.07, 6.45) is 0. The van der Waals surface area contributed by atoms with Gasteiger partial charge in [-0.3, -0.25) is 9.69 Å². The fraction of sp³-hybridized carbons (Fsp3) is 0.467. The van der Waals surface area contributed by atoms with Crippen molar-refractivity contribution in [3.63, 3.8) is 0 Å². The van der Waals surface area contributed by atoms with Crippen LogP contribution in [0.15, 0.2) is 18.2 Å². The van der Waals surface area contributed by atoms with Crippen LogP contribution in [0.4, 0.5) is 4.79 Å². The lowest BCUT2D eigenvalue weighted by molar-refractivity contribution is -0.132. The summed E-state index contributed by atoms with van der Waals surface area (Å²) in [5, 5.41) is 2.80. The molecule has 0 saturated carbocycles. The molecule has 3 amide bonds. The van der Waals surface area contributed by atoms with Crippen molar-refractivity contribution in [2.45, 2.75) is 39.3 Å². The number of carbonyl (C=O) groups excluding carboxylic acids is 2. The fourth-order valence-corrected chi connectivity index (χ4v) is 2.72. The molecule has 1 aromatic carbocycles. The minimum atomic E-state index is -1.02. The van der Waals surface area contributed by atoms with Crippen molar-refractivity contribution in [1.29, 1.82) is 0 Å². The molecule has 5 nitrogen and oxygen atoms in total. The van der Waals surface area contributed by atoms with Crippen LogP contribution < -0.4 is 11.1 Å². The number of hydrogen-bond donors (Lipinski definition) is 2. The highest BCUT2D eigenvalue weighted by Gasteiger charge is 2.50. The van der Waals surface area contributed by atoms with Crippen LogP contribution in [0.1, 0.15) is 30.5 Å². The predicted molar refractivity (Wildman–Crippen MR) is 77.2 cm³/mol. The average molecular weight is 275 g/mol. The Bertz CT molecular complexity index is 570. The number of amides is 3. The first-order valence-corrected chi connectivity index (χ1v) is 6.75. The molecule has 0 aromatic heterocycles. The molecule has 2 rings (SSSR count). The Morgan fingerprint density at radius 1 is 1.35 bits per heavy atom. The second-order valence-electron chi connectivity index (χ2n) is 5.63. The van der Waals surface area contributed by atoms with E-state index in [0.29, 0.717) is 0 Å². The molecule has 0 bridgehead atoms. The second kappa shape index (κ2) is 4.90. The first kappa shape index (κ1) is 14.5. The van der Waals surface area contributed by atoms with Gasteiger partial charge in [-0.25, -0.2) is 4.79 Å². The van der Waals surface area contributed by atoms with Crippen LogP contribution in [0.3, 0.4) is 0 Å². The zero-order valence-corrected chi connectivity index (χ0v) is 12.4. The summed E-state index contributed by atoms with van der Waals surface area (Å²) in [5.41, 5.74) is 7.50. The minimum absolute atomic E-state index is 0.243. The number of nitrogens with two attached hydrogens (primary N) is 1. The lowest BCUT2D eigenvalue weighted by Crippen LogP contribution is -2.45. The smallest absolute Gasteiger partial charge is 0.325 e. The molecule has 20 heavy (non-hydrogen) atoms. The van der Waals surface area contributed by atoms with Crippen LogP contribution in [0.2, 0.25) is 0 Å². The fourth-order valence-electron chi connectivity index (χ4n) is 2.72. The Hall–Kier alpha value is -1.88. The molecular weight excluding hydrogens is 254 g/mol. The van der Waals surface area contributed by atoms with E-state index in [2.05, 4.69) is 5.32 Å². The number of benzene rings is 1. The van der Waals surface area contributed by atoms with Crippen LogP contribution in [-0.2, 0) is 10.3 Å². The third-order valence-electron chi connectivity index (χ3n) is 3.92. The molecular formula is C15H21N3O2. The molecule has 1 saturated heterocycles. The van der Waals surface area contributed by atoms with E-state index in [-0.39, 0.29) is 24.5 Å². The second-order valence-corrected chi connectivity index (χ2v) is 5.63. The third-order valence-corrected chi connectivity index (χ3v) is 3.92. The average Bonchev–Trinajstić information content (AvgIpc) is 2.59. The monoisotopic (exact) mass is 275 g/mol. The van der Waals surface area contributed by atoms with Crippen LogP contribution in [0.5, 0.6) is 0 Å². The highest BCUT2D eigenvalue weighted by atomic mass is 16.2. The van der Waals surface area contributed by atoms with Crippen molar-refractivity contribution in [2.24, 2.45) is 5.73 Å². The van der Waals surface area contributed by atoms with Gasteiger partial charge in [-0.05, 0) is 38.8 Å². The Balaban J connectivity index is 2.46. The number of nitrogens with zero attached hydrogens (tertiary/aromatic N) is 1. The predicted octanol–water partition coefficient (Wildman–Crippen LogP) is 1.42. The number of aryl methyl sites for hydroxylation is 2. The molecule has 1 aromatic rings. The van der Waals surface area contributed by atoms with E-state index >= 15 is 0 Å². The number of hydrogen-bond acceptors (Lipinski definition) is 3. The molecule has 2 unspecified atom stereocenters. The Morgan fingerprint density at radius 2 is 2.00 bits per heavy atom. The quantitative estimate of drug-likeness (QED) is 0.819. The Kier molecular flexibility index (Phi) is 3.56. The van der Waals surface area contributed by atoms with Gasteiger partial charge in [0.05, 0.1) is 6.04 Å². The van der Waals surface area contributed by atoms with Crippen molar-refractivity contribution < 1.29 is 9.59 Å². The van der Waals surface area contributed by atoms with Crippen molar-refractivity contribution in [2.75, 3.05) is 6.54 Å². The highest BCUT2D eigenvalue weighted by molar-refractivity contribution is 6.07. The number of carbonyl (C=O) groups is 2. The third kappa shape index (κ3) is 2.08. The van der Waals surface area contributed by atoms with Crippen molar-refractivity contribution in [1.82, 2.24) is 10.2 Å². The van der Waals surface area contributed by atoms with Crippen LogP contribution in [0.25, 0.3) is 0 Å². The molecule has 2 atom stereocenters. The van der Waals surface area contributed by atoms with E-state index in [1.54, 1.807) is 13.8 Å². The molecule has 0 radical (unpaired) electrons. The summed E-state index contributed by atoms with van der Waals surface area (Å²) in [7, 11) is 0. The lowest BCUT2D eigenvalue weighted by Gasteiger charge is -2.26. The number of urea groups is 1. The summed E-state index contributed by atoms with van der Waals surface area (Å²) in [4.78, 5) is 26.0. The van der Waals surface area contributed by atoms with E-state index in [9.17, 15) is 9.59 Å². The van der Waals surface area contributed by atoms with Gasteiger partial charge in [0.2, 0.25) is 0 Å². The van der Waals surface area contributed by atoms with Crippen molar-refractivity contribution in [3.8, 4) is 0 Å². The van der Waals surface area contributed by atoms with E-state index in [0.717, 1.165) is 16.7 Å². The minimum Gasteiger partial charge on any atom is -0.328 e. The summed E-state index contributed by atoms with van der Waals surface area (Å²) in [5.74, 6) is -0.243. The Labute approximate surface area is 119 Å². The maximum Gasteiger partial charge on any atom is 0.325 e. The molecule has 5 heteroatoms. The highest BCUT2D eigenvalue weighted by Crippen LogP contribution is 2.32. The largest absolute Gasteiger partial charge is 0.328 e. The summed E-state index contributed by atoms with van der Waals surface area (Å²) < 4.78 is 0. The number of rotatable bonds is 3. The zero-order chi connectivity index (χ0) is 15.1. The van der Waals surface area contributed by atoms with E-state index < -0.39 is 5.54 Å². The molecule has 1 fully saturated rings. The standard InChI is InChI=1S/C15H21N3O2/c1-9-5-6-12(10(2)7-9)15(4)13(19)18(11(3)8-16)14(20)17-15/h5-7,11H,8,16H2,1-4H3,(H,17,20). The van der Waals surface area contributed by atoms with Crippen LogP contribution >= 0.6 is 0 Å². The maximum atomic E-state index is 12.7. The van der Waals surface area contributed by atoms with Gasteiger partial charge in [0.1, 0.15) is 5.54 Å².